The van der Waals surface area contributed by atoms with Gasteiger partial charge in [0, 0.05) is 26.2 Å². The summed E-state index contributed by atoms with van der Waals surface area (Å²) in [5.74, 6) is -0.124. The lowest BCUT2D eigenvalue weighted by Gasteiger charge is -2.35. The molecule has 1 aromatic rings. The molecule has 2 saturated heterocycles. The lowest BCUT2D eigenvalue weighted by atomic mass is 9.82. The summed E-state index contributed by atoms with van der Waals surface area (Å²) in [7, 11) is -3.45. The highest BCUT2D eigenvalue weighted by molar-refractivity contribution is 7.91. The smallest absolute Gasteiger partial charge is 0.323 e. The predicted octanol–water partition coefficient (Wildman–Crippen LogP) is 1.27. The maximum atomic E-state index is 12.9. The van der Waals surface area contributed by atoms with Crippen LogP contribution in [-0.2, 0) is 14.8 Å². The first kappa shape index (κ1) is 18.9. The molecule has 4 rings (SSSR count). The van der Waals surface area contributed by atoms with Crippen LogP contribution in [-0.4, -0.2) is 72.8 Å². The van der Waals surface area contributed by atoms with E-state index in [9.17, 15) is 18.0 Å². The van der Waals surface area contributed by atoms with Crippen LogP contribution in [0.5, 0.6) is 0 Å². The molecule has 10 heteroatoms. The van der Waals surface area contributed by atoms with E-state index in [0.29, 0.717) is 43.2 Å². The summed E-state index contributed by atoms with van der Waals surface area (Å²) in [4.78, 5) is 28.5. The van der Waals surface area contributed by atoms with Gasteiger partial charge in [-0.15, -0.1) is 11.3 Å². The summed E-state index contributed by atoms with van der Waals surface area (Å²) < 4.78 is 27.0. The number of thiophene rings is 1. The number of piperazine rings is 1. The molecule has 1 aromatic heterocycles. The van der Waals surface area contributed by atoms with Gasteiger partial charge in [-0.3, -0.25) is 9.69 Å². The van der Waals surface area contributed by atoms with Crippen LogP contribution >= 0.6 is 11.3 Å². The van der Waals surface area contributed by atoms with Crippen molar-refractivity contribution >= 4 is 33.3 Å². The second-order valence-corrected chi connectivity index (χ2v) is 10.5. The van der Waals surface area contributed by atoms with Crippen LogP contribution in [0, 0.1) is 0 Å². The van der Waals surface area contributed by atoms with Gasteiger partial charge in [0.25, 0.3) is 15.9 Å². The predicted molar refractivity (Wildman–Crippen MR) is 101 cm³/mol. The van der Waals surface area contributed by atoms with Gasteiger partial charge in [-0.2, -0.15) is 4.31 Å². The molecule has 1 saturated carbocycles. The Balaban J connectivity index is 1.37. The standard InChI is InChI=1S/C17H24N4O4S2/c22-15-17(6-2-1-3-7-17)18-16(23)21(15)13-19-8-10-20(11-9-19)27(24,25)14-5-4-12-26-14/h4-5,12H,1-3,6-11,13H2,(H,18,23). The number of hydrogen-bond donors (Lipinski definition) is 1. The third-order valence-corrected chi connectivity index (χ3v) is 8.99. The minimum atomic E-state index is -3.45. The van der Waals surface area contributed by atoms with E-state index in [1.807, 2.05) is 4.90 Å². The largest absolute Gasteiger partial charge is 0.326 e. The average molecular weight is 413 g/mol. The summed E-state index contributed by atoms with van der Waals surface area (Å²) in [5.41, 5.74) is -0.709. The number of urea groups is 1. The molecule has 1 aliphatic carbocycles. The van der Waals surface area contributed by atoms with E-state index in [4.69, 9.17) is 0 Å². The maximum Gasteiger partial charge on any atom is 0.326 e. The highest BCUT2D eigenvalue weighted by Crippen LogP contribution is 2.33. The Morgan fingerprint density at radius 3 is 2.41 bits per heavy atom. The Morgan fingerprint density at radius 2 is 1.78 bits per heavy atom. The number of hydrogen-bond acceptors (Lipinski definition) is 6. The first-order valence-electron chi connectivity index (χ1n) is 9.33. The third kappa shape index (κ3) is 3.39. The number of amides is 3. The van der Waals surface area contributed by atoms with Crippen LogP contribution in [0.3, 0.4) is 0 Å². The number of sulfonamides is 1. The molecule has 27 heavy (non-hydrogen) atoms. The van der Waals surface area contributed by atoms with Crippen molar-refractivity contribution in [2.24, 2.45) is 0 Å². The number of carbonyl (C=O) groups excluding carboxylic acids is 2. The van der Waals surface area contributed by atoms with Gasteiger partial charge in [0.1, 0.15) is 9.75 Å². The molecule has 0 atom stereocenters. The SMILES string of the molecule is O=C1NC2(CCCCC2)C(=O)N1CN1CCN(S(=O)(=O)c2cccs2)CC1. The normalized spacial score (nSPS) is 24.5. The monoisotopic (exact) mass is 412 g/mol. The zero-order valence-electron chi connectivity index (χ0n) is 15.1. The van der Waals surface area contributed by atoms with Gasteiger partial charge in [-0.05, 0) is 24.3 Å². The van der Waals surface area contributed by atoms with Crippen LogP contribution in [0.4, 0.5) is 4.79 Å². The molecular formula is C17H24N4O4S2. The molecule has 1 spiro atoms. The van der Waals surface area contributed by atoms with E-state index in [-0.39, 0.29) is 18.6 Å². The van der Waals surface area contributed by atoms with Gasteiger partial charge in [0.2, 0.25) is 0 Å². The third-order valence-electron chi connectivity index (χ3n) is 5.71. The van der Waals surface area contributed by atoms with Crippen LogP contribution < -0.4 is 5.32 Å². The quantitative estimate of drug-likeness (QED) is 0.752. The minimum absolute atomic E-state index is 0.124. The lowest BCUT2D eigenvalue weighted by molar-refractivity contribution is -0.134. The second kappa shape index (κ2) is 7.16. The summed E-state index contributed by atoms with van der Waals surface area (Å²) in [6, 6.07) is 3.02. The molecule has 3 aliphatic rings. The molecule has 3 heterocycles. The van der Waals surface area contributed by atoms with Crippen molar-refractivity contribution in [2.45, 2.75) is 41.9 Å². The first-order valence-corrected chi connectivity index (χ1v) is 11.6. The Labute approximate surface area is 163 Å². The molecule has 0 bridgehead atoms. The van der Waals surface area contributed by atoms with E-state index in [1.54, 1.807) is 17.5 Å². The molecule has 0 unspecified atom stereocenters. The van der Waals surface area contributed by atoms with Crippen molar-refractivity contribution in [2.75, 3.05) is 32.8 Å². The van der Waals surface area contributed by atoms with Crippen molar-refractivity contribution in [3.63, 3.8) is 0 Å². The fraction of sp³-hybridized carbons (Fsp3) is 0.647. The molecule has 8 nitrogen and oxygen atoms in total. The number of carbonyl (C=O) groups is 2. The highest BCUT2D eigenvalue weighted by Gasteiger charge is 2.51. The zero-order chi connectivity index (χ0) is 19.1. The zero-order valence-corrected chi connectivity index (χ0v) is 16.7. The summed E-state index contributed by atoms with van der Waals surface area (Å²) >= 11 is 1.21. The molecule has 3 amide bonds. The van der Waals surface area contributed by atoms with Crippen LogP contribution in [0.2, 0.25) is 0 Å². The number of rotatable bonds is 4. The van der Waals surface area contributed by atoms with Gasteiger partial charge < -0.3 is 5.32 Å². The summed E-state index contributed by atoms with van der Waals surface area (Å²) in [5, 5.41) is 4.67. The van der Waals surface area contributed by atoms with Crippen molar-refractivity contribution < 1.29 is 18.0 Å². The molecule has 3 fully saturated rings. The molecule has 148 valence electrons. The van der Waals surface area contributed by atoms with Gasteiger partial charge in [0.15, 0.2) is 0 Å². The molecular weight excluding hydrogens is 388 g/mol. The van der Waals surface area contributed by atoms with Gasteiger partial charge in [-0.25, -0.2) is 18.1 Å². The average Bonchev–Trinajstić information content (AvgIpc) is 3.28. The van der Waals surface area contributed by atoms with Crippen molar-refractivity contribution in [3.05, 3.63) is 17.5 Å². The Kier molecular flexibility index (Phi) is 5.00. The number of imide groups is 1. The van der Waals surface area contributed by atoms with Crippen molar-refractivity contribution in [1.29, 1.82) is 0 Å². The molecule has 2 aliphatic heterocycles. The van der Waals surface area contributed by atoms with Crippen LogP contribution in [0.1, 0.15) is 32.1 Å². The van der Waals surface area contributed by atoms with E-state index >= 15 is 0 Å². The molecule has 0 radical (unpaired) electrons. The van der Waals surface area contributed by atoms with Gasteiger partial charge >= 0.3 is 6.03 Å². The topological polar surface area (TPSA) is 90.0 Å². The Bertz CT molecular complexity index is 810. The number of nitrogens with one attached hydrogen (secondary N) is 1. The fourth-order valence-electron chi connectivity index (χ4n) is 4.15. The fourth-order valence-corrected chi connectivity index (χ4v) is 6.71. The van der Waals surface area contributed by atoms with E-state index in [2.05, 4.69) is 5.32 Å². The molecule has 1 N–H and O–H groups in total. The second-order valence-electron chi connectivity index (χ2n) is 7.40. The highest BCUT2D eigenvalue weighted by atomic mass is 32.2. The Hall–Kier alpha value is -1.49. The van der Waals surface area contributed by atoms with Crippen molar-refractivity contribution in [1.82, 2.24) is 19.4 Å². The van der Waals surface area contributed by atoms with E-state index in [1.165, 1.54) is 20.5 Å². The summed E-state index contributed by atoms with van der Waals surface area (Å²) in [6.45, 7) is 1.92. The molecule has 0 aromatic carbocycles. The van der Waals surface area contributed by atoms with Gasteiger partial charge in [-0.1, -0.05) is 25.3 Å². The van der Waals surface area contributed by atoms with Crippen LogP contribution in [0.25, 0.3) is 0 Å². The number of nitrogens with zero attached hydrogens (tertiary/aromatic N) is 3. The van der Waals surface area contributed by atoms with Crippen molar-refractivity contribution in [3.8, 4) is 0 Å². The lowest BCUT2D eigenvalue weighted by Crippen LogP contribution is -2.53. The minimum Gasteiger partial charge on any atom is -0.323 e. The van der Waals surface area contributed by atoms with E-state index in [0.717, 1.165) is 19.3 Å². The van der Waals surface area contributed by atoms with Gasteiger partial charge in [0.05, 0.1) is 6.67 Å². The maximum absolute atomic E-state index is 12.9. The van der Waals surface area contributed by atoms with E-state index < -0.39 is 15.6 Å². The first-order chi connectivity index (χ1) is 12.9. The summed E-state index contributed by atoms with van der Waals surface area (Å²) in [6.07, 6.45) is 4.44. The Morgan fingerprint density at radius 1 is 1.07 bits per heavy atom. The van der Waals surface area contributed by atoms with Crippen LogP contribution in [0.15, 0.2) is 21.7 Å².